The van der Waals surface area contributed by atoms with E-state index in [1.165, 1.54) is 5.56 Å². The number of amides is 1. The summed E-state index contributed by atoms with van der Waals surface area (Å²) >= 11 is 0. The van der Waals surface area contributed by atoms with Crippen LogP contribution in [0.4, 0.5) is 0 Å². The minimum absolute atomic E-state index is 0.0428. The molecule has 3 nitrogen and oxygen atoms in total. The van der Waals surface area contributed by atoms with Crippen molar-refractivity contribution in [3.63, 3.8) is 0 Å². The summed E-state index contributed by atoms with van der Waals surface area (Å²) in [5, 5.41) is 0.151. The van der Waals surface area contributed by atoms with Crippen LogP contribution in [0, 0.1) is 0 Å². The van der Waals surface area contributed by atoms with Gasteiger partial charge >= 0.3 is 0 Å². The van der Waals surface area contributed by atoms with Crippen molar-refractivity contribution >= 4 is 14.2 Å². The third-order valence-corrected chi connectivity index (χ3v) is 9.65. The van der Waals surface area contributed by atoms with Crippen LogP contribution in [0.2, 0.25) is 18.1 Å². The number of hydrogen-bond acceptors (Lipinski definition) is 2. The van der Waals surface area contributed by atoms with E-state index in [1.54, 1.807) is 6.08 Å². The highest BCUT2D eigenvalue weighted by molar-refractivity contribution is 6.74. The predicted octanol–water partition coefficient (Wildman–Crippen LogP) is 4.02. The number of benzene rings is 1. The lowest BCUT2D eigenvalue weighted by Gasteiger charge is -2.43. The van der Waals surface area contributed by atoms with Crippen molar-refractivity contribution in [2.24, 2.45) is 0 Å². The highest BCUT2D eigenvalue weighted by Gasteiger charge is 2.42. The first-order valence-corrected chi connectivity index (χ1v) is 11.2. The van der Waals surface area contributed by atoms with Gasteiger partial charge in [0.1, 0.15) is 0 Å². The summed E-state index contributed by atoms with van der Waals surface area (Å²) < 4.78 is 6.60. The average molecular weight is 332 g/mol. The number of carbonyl (C=O) groups excluding carboxylic acids is 1. The van der Waals surface area contributed by atoms with E-state index >= 15 is 0 Å². The van der Waals surface area contributed by atoms with E-state index in [0.29, 0.717) is 0 Å². The van der Waals surface area contributed by atoms with Gasteiger partial charge in [-0.1, -0.05) is 51.1 Å². The number of likely N-dealkylation sites (N-methyl/N-ethyl adjacent to an activating group) is 1. The highest BCUT2D eigenvalue weighted by Crippen LogP contribution is 2.38. The summed E-state index contributed by atoms with van der Waals surface area (Å²) in [6.45, 7) is 11.3. The molecule has 4 heteroatoms. The average Bonchev–Trinajstić information content (AvgIpc) is 2.46. The fourth-order valence-electron chi connectivity index (χ4n) is 2.55. The number of rotatable bonds is 4. The largest absolute Gasteiger partial charge is 0.408 e. The molecule has 0 saturated carbocycles. The van der Waals surface area contributed by atoms with Gasteiger partial charge < -0.3 is 9.33 Å². The molecular weight excluding hydrogens is 302 g/mol. The molecule has 0 radical (unpaired) electrons. The van der Waals surface area contributed by atoms with Crippen molar-refractivity contribution in [3.05, 3.63) is 48.0 Å². The molecule has 0 spiro atoms. The topological polar surface area (TPSA) is 29.5 Å². The molecule has 1 aliphatic rings. The van der Waals surface area contributed by atoms with Crippen LogP contribution >= 0.6 is 0 Å². The summed E-state index contributed by atoms with van der Waals surface area (Å²) in [6.07, 6.45) is 4.38. The lowest BCUT2D eigenvalue weighted by molar-refractivity contribution is -0.129. The van der Waals surface area contributed by atoms with Crippen LogP contribution in [0.5, 0.6) is 0 Å². The van der Waals surface area contributed by atoms with Crippen molar-refractivity contribution in [2.75, 3.05) is 7.05 Å². The van der Waals surface area contributed by atoms with Crippen LogP contribution in [0.1, 0.15) is 26.3 Å². The van der Waals surface area contributed by atoms with Gasteiger partial charge in [0.2, 0.25) is 5.91 Å². The van der Waals surface area contributed by atoms with E-state index < -0.39 is 8.32 Å². The molecular formula is C19H29NO2Si. The molecule has 0 N–H and O–H groups in total. The van der Waals surface area contributed by atoms with Gasteiger partial charge in [0.25, 0.3) is 0 Å². The minimum Gasteiger partial charge on any atom is -0.408 e. The molecule has 23 heavy (non-hydrogen) atoms. The van der Waals surface area contributed by atoms with Crippen LogP contribution in [-0.2, 0) is 15.6 Å². The van der Waals surface area contributed by atoms with E-state index in [4.69, 9.17) is 4.43 Å². The molecule has 0 saturated heterocycles. The standard InChI is InChI=1S/C19H29NO2Si/c1-19(2,3)23(5,6)22-17-12-13-18(21)20(4)16(17)14-15-10-8-7-9-11-15/h7-13,16-17H,14H2,1-6H3/t16-,17-/m0/s1. The van der Waals surface area contributed by atoms with E-state index in [1.807, 2.05) is 36.2 Å². The summed E-state index contributed by atoms with van der Waals surface area (Å²) in [5.41, 5.74) is 1.23. The van der Waals surface area contributed by atoms with Crippen LogP contribution < -0.4 is 0 Å². The molecule has 2 atom stereocenters. The fourth-order valence-corrected chi connectivity index (χ4v) is 3.82. The first-order chi connectivity index (χ1) is 10.6. The van der Waals surface area contributed by atoms with Gasteiger partial charge in [0.05, 0.1) is 12.1 Å². The summed E-state index contributed by atoms with van der Waals surface area (Å²) in [5.74, 6) is 0.0565. The quantitative estimate of drug-likeness (QED) is 0.780. The molecule has 126 valence electrons. The van der Waals surface area contributed by atoms with Gasteiger partial charge in [-0.15, -0.1) is 0 Å². The van der Waals surface area contributed by atoms with Crippen LogP contribution in [0.3, 0.4) is 0 Å². The fraction of sp³-hybridized carbons (Fsp3) is 0.526. The van der Waals surface area contributed by atoms with Crippen molar-refractivity contribution in [1.29, 1.82) is 0 Å². The number of nitrogens with zero attached hydrogens (tertiary/aromatic N) is 1. The molecule has 1 aromatic rings. The Morgan fingerprint density at radius 1 is 1.17 bits per heavy atom. The molecule has 0 aromatic heterocycles. The van der Waals surface area contributed by atoms with Crippen LogP contribution in [0.25, 0.3) is 0 Å². The summed E-state index contributed by atoms with van der Waals surface area (Å²) in [4.78, 5) is 13.9. The van der Waals surface area contributed by atoms with Crippen molar-refractivity contribution in [1.82, 2.24) is 4.90 Å². The lowest BCUT2D eigenvalue weighted by atomic mass is 9.97. The second-order valence-corrected chi connectivity index (χ2v) is 12.7. The lowest BCUT2D eigenvalue weighted by Crippen LogP contribution is -2.54. The molecule has 1 amide bonds. The van der Waals surface area contributed by atoms with Gasteiger partial charge in [-0.3, -0.25) is 4.79 Å². The van der Waals surface area contributed by atoms with Crippen molar-refractivity contribution in [3.8, 4) is 0 Å². The maximum Gasteiger partial charge on any atom is 0.246 e. The zero-order valence-corrected chi connectivity index (χ0v) is 16.2. The smallest absolute Gasteiger partial charge is 0.246 e. The van der Waals surface area contributed by atoms with Crippen LogP contribution in [0.15, 0.2) is 42.5 Å². The van der Waals surface area contributed by atoms with Gasteiger partial charge in [0, 0.05) is 13.1 Å². The predicted molar refractivity (Wildman–Crippen MR) is 97.9 cm³/mol. The third-order valence-electron chi connectivity index (χ3n) is 5.18. The normalized spacial score (nSPS) is 22.5. The maximum atomic E-state index is 12.1. The summed E-state index contributed by atoms with van der Waals surface area (Å²) in [7, 11) is -0.0157. The van der Waals surface area contributed by atoms with Crippen molar-refractivity contribution in [2.45, 2.75) is 57.5 Å². The monoisotopic (exact) mass is 331 g/mol. The van der Waals surface area contributed by atoms with Gasteiger partial charge in [-0.05, 0) is 36.2 Å². The summed E-state index contributed by atoms with van der Waals surface area (Å²) in [6, 6.07) is 10.4. The second kappa shape index (κ2) is 6.61. The Morgan fingerprint density at radius 3 is 2.35 bits per heavy atom. The second-order valence-electron chi connectivity index (χ2n) is 7.91. The van der Waals surface area contributed by atoms with E-state index in [2.05, 4.69) is 46.0 Å². The Balaban J connectivity index is 2.24. The van der Waals surface area contributed by atoms with Crippen molar-refractivity contribution < 1.29 is 9.22 Å². The first kappa shape index (κ1) is 18.0. The number of carbonyl (C=O) groups is 1. The van der Waals surface area contributed by atoms with Gasteiger partial charge in [0.15, 0.2) is 8.32 Å². The SMILES string of the molecule is CN1C(=O)C=C[C@H](O[Si](C)(C)C(C)(C)C)[C@@H]1Cc1ccccc1. The van der Waals surface area contributed by atoms with Crippen LogP contribution in [-0.4, -0.2) is 38.3 Å². The van der Waals surface area contributed by atoms with E-state index in [-0.39, 0.29) is 23.1 Å². The van der Waals surface area contributed by atoms with E-state index in [0.717, 1.165) is 6.42 Å². The zero-order chi connectivity index (χ0) is 17.3. The molecule has 1 aliphatic heterocycles. The van der Waals surface area contributed by atoms with E-state index in [9.17, 15) is 4.79 Å². The van der Waals surface area contributed by atoms with Gasteiger partial charge in [-0.25, -0.2) is 0 Å². The van der Waals surface area contributed by atoms with Gasteiger partial charge in [-0.2, -0.15) is 0 Å². The molecule has 1 heterocycles. The Kier molecular flexibility index (Phi) is 5.16. The third kappa shape index (κ3) is 4.12. The Bertz CT molecular complexity index is 575. The molecule has 0 aliphatic carbocycles. The molecule has 1 aromatic carbocycles. The maximum absolute atomic E-state index is 12.1. The first-order valence-electron chi connectivity index (χ1n) is 8.28. The Morgan fingerprint density at radius 2 is 1.78 bits per heavy atom. The molecule has 0 bridgehead atoms. The Hall–Kier alpha value is -1.39. The number of hydrogen-bond donors (Lipinski definition) is 0. The molecule has 0 unspecified atom stereocenters. The highest BCUT2D eigenvalue weighted by atomic mass is 28.4. The molecule has 2 rings (SSSR count). The minimum atomic E-state index is -1.89. The Labute approximate surface area is 141 Å². The molecule has 0 fully saturated rings. The zero-order valence-electron chi connectivity index (χ0n) is 15.2.